The molecule has 1 aromatic rings. The van der Waals surface area contributed by atoms with E-state index >= 15 is 0 Å². The Morgan fingerprint density at radius 1 is 1.36 bits per heavy atom. The van der Waals surface area contributed by atoms with E-state index in [1.807, 2.05) is 9.80 Å². The van der Waals surface area contributed by atoms with Crippen LogP contribution in [0.3, 0.4) is 0 Å². The molecule has 0 unspecified atom stereocenters. The standard InChI is InChI=1S/C20H26ClFN2O3S/c1-13(2)9-16-11-27-20(26)24(16)15-5-7-23(8-6-15)19(25)12-28-18-4-3-14(22)10-17(18)21/h3-4,10,13,15-16H,5-9,11-12H2,1-2H3/t16-/m1/s1. The molecule has 2 heterocycles. The van der Waals surface area contributed by atoms with Gasteiger partial charge in [0.1, 0.15) is 12.4 Å². The van der Waals surface area contributed by atoms with E-state index in [-0.39, 0.29) is 35.7 Å². The second-order valence-corrected chi connectivity index (χ2v) is 9.17. The van der Waals surface area contributed by atoms with E-state index < -0.39 is 0 Å². The molecule has 154 valence electrons. The molecule has 1 aromatic carbocycles. The first kappa shape index (κ1) is 21.2. The van der Waals surface area contributed by atoms with Gasteiger partial charge in [-0.25, -0.2) is 9.18 Å². The average Bonchev–Trinajstić information content (AvgIpc) is 3.00. The fourth-order valence-electron chi connectivity index (χ4n) is 3.86. The number of amides is 2. The first-order valence-electron chi connectivity index (χ1n) is 9.66. The molecule has 0 aromatic heterocycles. The molecule has 2 aliphatic rings. The molecule has 8 heteroatoms. The third-order valence-corrected chi connectivity index (χ3v) is 6.69. The minimum atomic E-state index is -0.390. The van der Waals surface area contributed by atoms with Crippen molar-refractivity contribution >= 4 is 35.4 Å². The summed E-state index contributed by atoms with van der Waals surface area (Å²) in [4.78, 5) is 29.1. The number of benzene rings is 1. The molecule has 0 aliphatic carbocycles. The largest absolute Gasteiger partial charge is 0.447 e. The van der Waals surface area contributed by atoms with Gasteiger partial charge in [0.05, 0.1) is 16.8 Å². The maximum Gasteiger partial charge on any atom is 0.410 e. The molecule has 2 fully saturated rings. The van der Waals surface area contributed by atoms with Crippen LogP contribution in [0.4, 0.5) is 9.18 Å². The molecule has 0 saturated carbocycles. The summed E-state index contributed by atoms with van der Waals surface area (Å²) in [6.07, 6.45) is 2.23. The quantitative estimate of drug-likeness (QED) is 0.629. The van der Waals surface area contributed by atoms with E-state index in [1.54, 1.807) is 6.07 Å². The van der Waals surface area contributed by atoms with Crippen molar-refractivity contribution in [3.8, 4) is 0 Å². The normalized spacial score (nSPS) is 20.8. The molecule has 5 nitrogen and oxygen atoms in total. The zero-order valence-corrected chi connectivity index (χ0v) is 17.8. The lowest BCUT2D eigenvalue weighted by molar-refractivity contribution is -0.129. The van der Waals surface area contributed by atoms with E-state index in [0.717, 1.165) is 19.3 Å². The summed E-state index contributed by atoms with van der Waals surface area (Å²) in [5.41, 5.74) is 0. The number of carbonyl (C=O) groups is 2. The highest BCUT2D eigenvalue weighted by Gasteiger charge is 2.39. The number of halogens is 2. The average molecular weight is 429 g/mol. The molecular formula is C20H26ClFN2O3S. The Hall–Kier alpha value is -1.47. The van der Waals surface area contributed by atoms with Gasteiger partial charge in [-0.15, -0.1) is 11.8 Å². The van der Waals surface area contributed by atoms with Crippen LogP contribution in [0, 0.1) is 11.7 Å². The highest BCUT2D eigenvalue weighted by Crippen LogP contribution is 2.30. The van der Waals surface area contributed by atoms with E-state index in [9.17, 15) is 14.0 Å². The second-order valence-electron chi connectivity index (χ2n) is 7.74. The number of piperidine rings is 1. The Kier molecular flexibility index (Phi) is 7.10. The molecule has 0 bridgehead atoms. The fourth-order valence-corrected chi connectivity index (χ4v) is 5.01. The van der Waals surface area contributed by atoms with E-state index in [4.69, 9.17) is 16.3 Å². The predicted octanol–water partition coefficient (Wildman–Crippen LogP) is 4.43. The first-order valence-corrected chi connectivity index (χ1v) is 11.0. The van der Waals surface area contributed by atoms with Gasteiger partial charge in [0.25, 0.3) is 0 Å². The van der Waals surface area contributed by atoms with Crippen molar-refractivity contribution in [2.45, 2.75) is 50.1 Å². The maximum absolute atomic E-state index is 13.1. The number of likely N-dealkylation sites (tertiary alicyclic amines) is 1. The number of nitrogens with zero attached hydrogens (tertiary/aromatic N) is 2. The van der Waals surface area contributed by atoms with E-state index in [0.29, 0.717) is 35.5 Å². The Morgan fingerprint density at radius 2 is 2.07 bits per heavy atom. The summed E-state index contributed by atoms with van der Waals surface area (Å²) < 4.78 is 18.4. The summed E-state index contributed by atoms with van der Waals surface area (Å²) in [5.74, 6) is 0.405. The molecule has 28 heavy (non-hydrogen) atoms. The van der Waals surface area contributed by atoms with Gasteiger partial charge in [-0.1, -0.05) is 25.4 Å². The Bertz CT molecular complexity index is 725. The van der Waals surface area contributed by atoms with Crippen LogP contribution in [0.15, 0.2) is 23.1 Å². The Labute approximate surface area is 174 Å². The molecule has 2 saturated heterocycles. The van der Waals surface area contributed by atoms with Gasteiger partial charge in [-0.05, 0) is 43.4 Å². The lowest BCUT2D eigenvalue weighted by atomic mass is 9.98. The van der Waals surface area contributed by atoms with Crippen LogP contribution in [0.5, 0.6) is 0 Å². The maximum atomic E-state index is 13.1. The van der Waals surface area contributed by atoms with Crippen molar-refractivity contribution in [3.63, 3.8) is 0 Å². The van der Waals surface area contributed by atoms with Crippen molar-refractivity contribution in [3.05, 3.63) is 29.0 Å². The Balaban J connectivity index is 1.50. The van der Waals surface area contributed by atoms with Crippen LogP contribution in [0.2, 0.25) is 5.02 Å². The van der Waals surface area contributed by atoms with Gasteiger partial charge < -0.3 is 9.64 Å². The van der Waals surface area contributed by atoms with Crippen molar-refractivity contribution in [2.75, 3.05) is 25.4 Å². The number of rotatable bonds is 6. The van der Waals surface area contributed by atoms with Crippen LogP contribution in [-0.2, 0) is 9.53 Å². The summed E-state index contributed by atoms with van der Waals surface area (Å²) in [6.45, 7) is 6.00. The molecular weight excluding hydrogens is 403 g/mol. The molecule has 0 radical (unpaired) electrons. The summed E-state index contributed by atoms with van der Waals surface area (Å²) >= 11 is 7.34. The van der Waals surface area contributed by atoms with Gasteiger partial charge in [-0.2, -0.15) is 0 Å². The second kappa shape index (κ2) is 9.35. The number of thioether (sulfide) groups is 1. The van der Waals surface area contributed by atoms with Crippen LogP contribution in [0.25, 0.3) is 0 Å². The lowest BCUT2D eigenvalue weighted by Crippen LogP contribution is -2.50. The highest BCUT2D eigenvalue weighted by molar-refractivity contribution is 8.00. The highest BCUT2D eigenvalue weighted by atomic mass is 35.5. The zero-order chi connectivity index (χ0) is 20.3. The minimum absolute atomic E-state index is 0.0339. The van der Waals surface area contributed by atoms with Gasteiger partial charge in [-0.3, -0.25) is 9.69 Å². The topological polar surface area (TPSA) is 49.9 Å². The van der Waals surface area contributed by atoms with Crippen LogP contribution in [-0.4, -0.2) is 59.3 Å². The SMILES string of the molecule is CC(C)C[C@@H]1COC(=O)N1C1CCN(C(=O)CSc2ccc(F)cc2Cl)CC1. The van der Waals surface area contributed by atoms with Crippen LogP contribution in [0.1, 0.15) is 33.1 Å². The van der Waals surface area contributed by atoms with Gasteiger partial charge >= 0.3 is 6.09 Å². The number of carbonyl (C=O) groups excluding carboxylic acids is 2. The predicted molar refractivity (Wildman–Crippen MR) is 108 cm³/mol. The Morgan fingerprint density at radius 3 is 2.71 bits per heavy atom. The monoisotopic (exact) mass is 428 g/mol. The first-order chi connectivity index (χ1) is 13.3. The van der Waals surface area contributed by atoms with Crippen molar-refractivity contribution in [1.82, 2.24) is 9.80 Å². The summed E-state index contributed by atoms with van der Waals surface area (Å²) in [5, 5.41) is 0.320. The number of cyclic esters (lactones) is 1. The van der Waals surface area contributed by atoms with Gasteiger partial charge in [0, 0.05) is 24.0 Å². The van der Waals surface area contributed by atoms with Crippen LogP contribution >= 0.6 is 23.4 Å². The van der Waals surface area contributed by atoms with Crippen molar-refractivity contribution < 1.29 is 18.7 Å². The van der Waals surface area contributed by atoms with Crippen LogP contribution < -0.4 is 0 Å². The molecule has 0 spiro atoms. The van der Waals surface area contributed by atoms with Crippen molar-refractivity contribution in [2.24, 2.45) is 5.92 Å². The third kappa shape index (κ3) is 5.11. The van der Waals surface area contributed by atoms with Crippen molar-refractivity contribution in [1.29, 1.82) is 0 Å². The van der Waals surface area contributed by atoms with E-state index in [2.05, 4.69) is 13.8 Å². The fraction of sp³-hybridized carbons (Fsp3) is 0.600. The summed E-state index contributed by atoms with van der Waals surface area (Å²) in [7, 11) is 0. The molecule has 2 amide bonds. The number of hydrogen-bond acceptors (Lipinski definition) is 4. The van der Waals surface area contributed by atoms with Gasteiger partial charge in [0.15, 0.2) is 0 Å². The molecule has 3 rings (SSSR count). The zero-order valence-electron chi connectivity index (χ0n) is 16.2. The smallest absolute Gasteiger partial charge is 0.410 e. The molecule has 1 atom stereocenters. The van der Waals surface area contributed by atoms with E-state index in [1.165, 1.54) is 23.9 Å². The minimum Gasteiger partial charge on any atom is -0.447 e. The lowest BCUT2D eigenvalue weighted by Gasteiger charge is -2.38. The number of ether oxygens (including phenoxy) is 1. The third-order valence-electron chi connectivity index (χ3n) is 5.20. The molecule has 0 N–H and O–H groups in total. The number of hydrogen-bond donors (Lipinski definition) is 0. The van der Waals surface area contributed by atoms with Gasteiger partial charge in [0.2, 0.25) is 5.91 Å². The molecule has 2 aliphatic heterocycles. The summed E-state index contributed by atoms with van der Waals surface area (Å²) in [6, 6.07) is 4.45.